The number of hydrogen-bond acceptors (Lipinski definition) is 6. The molecule has 8 nitrogen and oxygen atoms in total. The van der Waals surface area contributed by atoms with Crippen LogP contribution in [-0.2, 0) is 11.3 Å². The molecule has 26 heavy (non-hydrogen) atoms. The van der Waals surface area contributed by atoms with Gasteiger partial charge in [0.1, 0.15) is 5.76 Å². The van der Waals surface area contributed by atoms with Gasteiger partial charge in [-0.2, -0.15) is 0 Å². The summed E-state index contributed by atoms with van der Waals surface area (Å²) in [7, 11) is 0. The van der Waals surface area contributed by atoms with Crippen molar-refractivity contribution in [2.24, 2.45) is 4.99 Å². The van der Waals surface area contributed by atoms with E-state index in [-0.39, 0.29) is 0 Å². The topological polar surface area (TPSA) is 86.4 Å². The first kappa shape index (κ1) is 19.1. The van der Waals surface area contributed by atoms with Crippen molar-refractivity contribution in [1.82, 2.24) is 20.3 Å². The van der Waals surface area contributed by atoms with E-state index in [1.807, 2.05) is 13.0 Å². The minimum absolute atomic E-state index is 0.428. The Morgan fingerprint density at radius 3 is 2.65 bits per heavy atom. The lowest BCUT2D eigenvalue weighted by atomic mass is 9.95. The van der Waals surface area contributed by atoms with E-state index in [2.05, 4.69) is 27.2 Å². The minimum Gasteiger partial charge on any atom is -0.388 e. The average molecular weight is 365 g/mol. The van der Waals surface area contributed by atoms with Crippen molar-refractivity contribution in [3.8, 4) is 0 Å². The predicted octanol–water partition coefficient (Wildman–Crippen LogP) is 0.608. The van der Waals surface area contributed by atoms with Crippen molar-refractivity contribution in [3.63, 3.8) is 0 Å². The molecule has 0 saturated carbocycles. The van der Waals surface area contributed by atoms with Crippen LogP contribution >= 0.6 is 0 Å². The Kier molecular flexibility index (Phi) is 6.50. The number of aliphatic imine (C=N–C) groups is 1. The van der Waals surface area contributed by atoms with Crippen LogP contribution in [0.15, 0.2) is 15.6 Å². The molecule has 0 aliphatic carbocycles. The number of aliphatic hydroxyl groups is 1. The molecule has 8 heteroatoms. The molecule has 2 aliphatic heterocycles. The molecule has 146 valence electrons. The molecule has 1 aromatic heterocycles. The van der Waals surface area contributed by atoms with Crippen LogP contribution in [0.1, 0.15) is 31.2 Å². The molecular weight excluding hydrogens is 334 g/mol. The van der Waals surface area contributed by atoms with Crippen LogP contribution in [-0.4, -0.2) is 84.1 Å². The molecule has 2 N–H and O–H groups in total. The third-order valence-corrected chi connectivity index (χ3v) is 5.02. The van der Waals surface area contributed by atoms with Gasteiger partial charge in [0.15, 0.2) is 5.96 Å². The van der Waals surface area contributed by atoms with Crippen LogP contribution in [0.4, 0.5) is 0 Å². The summed E-state index contributed by atoms with van der Waals surface area (Å²) in [5.74, 6) is 1.75. The van der Waals surface area contributed by atoms with Crippen LogP contribution in [0.25, 0.3) is 0 Å². The molecule has 0 atom stereocenters. The summed E-state index contributed by atoms with van der Waals surface area (Å²) >= 11 is 0. The molecule has 1 aromatic rings. The lowest BCUT2D eigenvalue weighted by Crippen LogP contribution is -2.52. The van der Waals surface area contributed by atoms with Crippen LogP contribution < -0.4 is 5.32 Å². The monoisotopic (exact) mass is 365 g/mol. The molecule has 2 saturated heterocycles. The zero-order valence-corrected chi connectivity index (χ0v) is 15.9. The summed E-state index contributed by atoms with van der Waals surface area (Å²) in [4.78, 5) is 9.38. The maximum absolute atomic E-state index is 10.6. The minimum atomic E-state index is -0.731. The summed E-state index contributed by atoms with van der Waals surface area (Å²) in [5, 5.41) is 18.1. The molecule has 0 spiro atoms. The van der Waals surface area contributed by atoms with Crippen molar-refractivity contribution in [1.29, 1.82) is 0 Å². The number of aryl methyl sites for hydroxylation is 1. The van der Waals surface area contributed by atoms with Gasteiger partial charge in [-0.1, -0.05) is 5.16 Å². The van der Waals surface area contributed by atoms with E-state index < -0.39 is 5.60 Å². The van der Waals surface area contributed by atoms with Gasteiger partial charge in [0.25, 0.3) is 0 Å². The van der Waals surface area contributed by atoms with E-state index >= 15 is 0 Å². The maximum Gasteiger partial charge on any atom is 0.194 e. The van der Waals surface area contributed by atoms with E-state index in [1.165, 1.54) is 0 Å². The Labute approximate surface area is 155 Å². The molecule has 2 fully saturated rings. The molecule has 3 heterocycles. The number of hydrogen-bond donors (Lipinski definition) is 2. The smallest absolute Gasteiger partial charge is 0.194 e. The third kappa shape index (κ3) is 5.18. The fraction of sp³-hybridized carbons (Fsp3) is 0.778. The Balaban J connectivity index is 1.53. The summed E-state index contributed by atoms with van der Waals surface area (Å²) in [6.07, 6.45) is 1.31. The Bertz CT molecular complexity index is 589. The van der Waals surface area contributed by atoms with Gasteiger partial charge in [-0.3, -0.25) is 9.89 Å². The second kappa shape index (κ2) is 8.83. The third-order valence-electron chi connectivity index (χ3n) is 5.02. The highest BCUT2D eigenvalue weighted by atomic mass is 16.5. The molecule has 0 radical (unpaired) electrons. The second-order valence-electron chi connectivity index (χ2n) is 7.20. The summed E-state index contributed by atoms with van der Waals surface area (Å²) in [5.41, 5.74) is 0.254. The summed E-state index contributed by atoms with van der Waals surface area (Å²) in [6.45, 7) is 11.0. The highest BCUT2D eigenvalue weighted by Crippen LogP contribution is 2.20. The molecule has 0 unspecified atom stereocenters. The van der Waals surface area contributed by atoms with Gasteiger partial charge in [0, 0.05) is 71.4 Å². The quantitative estimate of drug-likeness (QED) is 0.584. The fourth-order valence-electron chi connectivity index (χ4n) is 3.40. The molecule has 2 aliphatic rings. The number of ether oxygens (including phenoxy) is 1. The van der Waals surface area contributed by atoms with E-state index in [0.29, 0.717) is 32.6 Å². The molecule has 3 rings (SSSR count). The standard InChI is InChI=1S/C18H31N5O3/c1-3-19-17(20-14-18(24)4-10-25-11-5-18)23-8-6-22(7-9-23)13-16-12-15(2)26-21-16/h12,24H,3-11,13-14H2,1-2H3,(H,19,20). The van der Waals surface area contributed by atoms with Crippen molar-refractivity contribution in [2.75, 3.05) is 52.5 Å². The molecular formula is C18H31N5O3. The zero-order chi connectivity index (χ0) is 18.4. The second-order valence-corrected chi connectivity index (χ2v) is 7.20. The average Bonchev–Trinajstić information content (AvgIpc) is 3.05. The van der Waals surface area contributed by atoms with Gasteiger partial charge < -0.3 is 24.6 Å². The predicted molar refractivity (Wildman–Crippen MR) is 99.1 cm³/mol. The Morgan fingerprint density at radius 1 is 1.31 bits per heavy atom. The fourth-order valence-corrected chi connectivity index (χ4v) is 3.40. The lowest BCUT2D eigenvalue weighted by Gasteiger charge is -2.37. The zero-order valence-electron chi connectivity index (χ0n) is 15.9. The van der Waals surface area contributed by atoms with Crippen molar-refractivity contribution >= 4 is 5.96 Å². The number of aromatic nitrogens is 1. The number of rotatable bonds is 5. The van der Waals surface area contributed by atoms with Gasteiger partial charge in [-0.05, 0) is 13.8 Å². The van der Waals surface area contributed by atoms with Gasteiger partial charge in [-0.15, -0.1) is 0 Å². The van der Waals surface area contributed by atoms with E-state index in [4.69, 9.17) is 14.3 Å². The number of nitrogens with zero attached hydrogens (tertiary/aromatic N) is 4. The number of guanidine groups is 1. The van der Waals surface area contributed by atoms with Crippen LogP contribution in [0.3, 0.4) is 0 Å². The van der Waals surface area contributed by atoms with Gasteiger partial charge >= 0.3 is 0 Å². The van der Waals surface area contributed by atoms with E-state index in [1.54, 1.807) is 0 Å². The highest BCUT2D eigenvalue weighted by Gasteiger charge is 2.30. The first-order valence-electron chi connectivity index (χ1n) is 9.56. The summed E-state index contributed by atoms with van der Waals surface area (Å²) < 4.78 is 10.5. The first-order chi connectivity index (χ1) is 12.6. The largest absolute Gasteiger partial charge is 0.388 e. The van der Waals surface area contributed by atoms with Crippen LogP contribution in [0, 0.1) is 6.92 Å². The summed E-state index contributed by atoms with van der Waals surface area (Å²) in [6, 6.07) is 1.99. The van der Waals surface area contributed by atoms with Crippen molar-refractivity contribution < 1.29 is 14.4 Å². The van der Waals surface area contributed by atoms with E-state index in [0.717, 1.165) is 56.7 Å². The van der Waals surface area contributed by atoms with Gasteiger partial charge in [0.2, 0.25) is 0 Å². The number of nitrogens with one attached hydrogen (secondary N) is 1. The molecule has 0 aromatic carbocycles. The molecule has 0 amide bonds. The van der Waals surface area contributed by atoms with Crippen LogP contribution in [0.2, 0.25) is 0 Å². The lowest BCUT2D eigenvalue weighted by molar-refractivity contribution is -0.0567. The maximum atomic E-state index is 10.6. The SMILES string of the molecule is CCNC(=NCC1(O)CCOCC1)N1CCN(Cc2cc(C)on2)CC1. The number of piperazine rings is 1. The van der Waals surface area contributed by atoms with Crippen molar-refractivity contribution in [2.45, 2.75) is 38.8 Å². The van der Waals surface area contributed by atoms with Gasteiger partial charge in [-0.25, -0.2) is 0 Å². The van der Waals surface area contributed by atoms with E-state index in [9.17, 15) is 5.11 Å². The van der Waals surface area contributed by atoms with Gasteiger partial charge in [0.05, 0.1) is 17.8 Å². The van der Waals surface area contributed by atoms with Crippen molar-refractivity contribution in [3.05, 3.63) is 17.5 Å². The highest BCUT2D eigenvalue weighted by molar-refractivity contribution is 5.80. The first-order valence-corrected chi connectivity index (χ1v) is 9.56. The Hall–Kier alpha value is -1.64. The van der Waals surface area contributed by atoms with Crippen LogP contribution in [0.5, 0.6) is 0 Å². The normalized spacial score (nSPS) is 21.8. The Morgan fingerprint density at radius 2 is 2.04 bits per heavy atom. The molecule has 0 bridgehead atoms.